The van der Waals surface area contributed by atoms with Gasteiger partial charge in [-0.25, -0.2) is 0 Å². The molecule has 0 spiro atoms. The fourth-order valence-corrected chi connectivity index (χ4v) is 1.68. The molecule has 0 saturated heterocycles. The summed E-state index contributed by atoms with van der Waals surface area (Å²) in [4.78, 5) is 0. The van der Waals surface area contributed by atoms with Crippen molar-refractivity contribution in [3.8, 4) is 0 Å². The van der Waals surface area contributed by atoms with E-state index in [1.807, 2.05) is 6.08 Å². The molecule has 0 aliphatic rings. The fourth-order valence-electron chi connectivity index (χ4n) is 1.68. The Morgan fingerprint density at radius 1 is 1.15 bits per heavy atom. The van der Waals surface area contributed by atoms with E-state index in [1.165, 1.54) is 0 Å². The molecule has 13 heavy (non-hydrogen) atoms. The van der Waals surface area contributed by atoms with Gasteiger partial charge in [-0.05, 0) is 23.7 Å². The summed E-state index contributed by atoms with van der Waals surface area (Å²) >= 11 is 0. The van der Waals surface area contributed by atoms with Crippen molar-refractivity contribution in [1.29, 1.82) is 0 Å². The summed E-state index contributed by atoms with van der Waals surface area (Å²) in [6.45, 7) is 17.4. The van der Waals surface area contributed by atoms with Crippen LogP contribution in [0, 0.1) is 16.7 Å². The van der Waals surface area contributed by atoms with Crippen molar-refractivity contribution >= 4 is 0 Å². The van der Waals surface area contributed by atoms with Gasteiger partial charge in [0.2, 0.25) is 0 Å². The number of hydrogen-bond donors (Lipinski definition) is 0. The van der Waals surface area contributed by atoms with Crippen LogP contribution < -0.4 is 0 Å². The minimum absolute atomic E-state index is 0.198. The normalized spacial score (nSPS) is 19.8. The fraction of sp³-hybridized carbons (Fsp3) is 0.692. The maximum absolute atomic E-state index is 3.89. The molecule has 0 aromatic heterocycles. The molecular weight excluding hydrogens is 156 g/mol. The maximum atomic E-state index is 3.89. The van der Waals surface area contributed by atoms with Crippen molar-refractivity contribution in [2.75, 3.05) is 0 Å². The molecule has 0 nitrogen and oxygen atoms in total. The molecule has 76 valence electrons. The van der Waals surface area contributed by atoms with Crippen molar-refractivity contribution < 1.29 is 0 Å². The van der Waals surface area contributed by atoms with Gasteiger partial charge in [-0.3, -0.25) is 0 Å². The van der Waals surface area contributed by atoms with Gasteiger partial charge < -0.3 is 0 Å². The summed E-state index contributed by atoms with van der Waals surface area (Å²) in [5, 5.41) is 0. The second kappa shape index (κ2) is 4.13. The van der Waals surface area contributed by atoms with Crippen molar-refractivity contribution in [3.05, 3.63) is 24.8 Å². The first-order valence-corrected chi connectivity index (χ1v) is 5.06. The quantitative estimate of drug-likeness (QED) is 0.563. The molecule has 0 aromatic rings. The van der Waals surface area contributed by atoms with Gasteiger partial charge in [-0.15, -0.1) is 6.58 Å². The zero-order chi connectivity index (χ0) is 10.7. The van der Waals surface area contributed by atoms with Gasteiger partial charge in [-0.1, -0.05) is 52.8 Å². The number of allylic oxidation sites excluding steroid dienone is 3. The summed E-state index contributed by atoms with van der Waals surface area (Å²) in [6.07, 6.45) is 6.50. The highest BCUT2D eigenvalue weighted by Crippen LogP contribution is 2.46. The van der Waals surface area contributed by atoms with Crippen molar-refractivity contribution in [1.82, 2.24) is 0 Å². The van der Waals surface area contributed by atoms with Crippen LogP contribution in [0.2, 0.25) is 0 Å². The molecular formula is C13H24. The van der Waals surface area contributed by atoms with E-state index in [9.17, 15) is 0 Å². The molecule has 0 radical (unpaired) electrons. The highest BCUT2D eigenvalue weighted by Gasteiger charge is 2.38. The van der Waals surface area contributed by atoms with E-state index in [1.54, 1.807) is 0 Å². The van der Waals surface area contributed by atoms with E-state index in [4.69, 9.17) is 0 Å². The van der Waals surface area contributed by atoms with Crippen molar-refractivity contribution in [2.24, 2.45) is 16.7 Å². The monoisotopic (exact) mass is 180 g/mol. The Labute approximate surface area is 83.7 Å². The Hall–Kier alpha value is -0.520. The first-order chi connectivity index (χ1) is 5.79. The van der Waals surface area contributed by atoms with Gasteiger partial charge in [0.05, 0.1) is 0 Å². The van der Waals surface area contributed by atoms with Crippen LogP contribution in [-0.4, -0.2) is 0 Å². The second-order valence-corrected chi connectivity index (χ2v) is 5.06. The molecule has 1 unspecified atom stereocenters. The van der Waals surface area contributed by atoms with E-state index in [-0.39, 0.29) is 10.8 Å². The minimum atomic E-state index is 0.198. The van der Waals surface area contributed by atoms with Crippen LogP contribution in [0.3, 0.4) is 0 Å². The average Bonchev–Trinajstić information content (AvgIpc) is 2.01. The zero-order valence-electron chi connectivity index (χ0n) is 10.0. The van der Waals surface area contributed by atoms with Gasteiger partial charge in [0, 0.05) is 0 Å². The molecule has 2 atom stereocenters. The Balaban J connectivity index is 5.06. The summed E-state index contributed by atoms with van der Waals surface area (Å²) in [6, 6.07) is 0. The van der Waals surface area contributed by atoms with Crippen LogP contribution in [0.15, 0.2) is 24.8 Å². The van der Waals surface area contributed by atoms with E-state index in [0.29, 0.717) is 5.92 Å². The highest BCUT2D eigenvalue weighted by atomic mass is 14.4. The lowest BCUT2D eigenvalue weighted by atomic mass is 9.61. The lowest BCUT2D eigenvalue weighted by molar-refractivity contribution is 0.123. The van der Waals surface area contributed by atoms with Crippen LogP contribution in [0.25, 0.3) is 0 Å². The number of hydrogen-bond acceptors (Lipinski definition) is 0. The largest absolute Gasteiger partial charge is 0.103 e. The molecule has 0 aliphatic carbocycles. The minimum Gasteiger partial charge on any atom is -0.103 e. The smallest absolute Gasteiger partial charge is 0.00382 e. The molecule has 0 heteroatoms. The van der Waals surface area contributed by atoms with Crippen molar-refractivity contribution in [2.45, 2.75) is 41.5 Å². The maximum Gasteiger partial charge on any atom is -0.00382 e. The summed E-state index contributed by atoms with van der Waals surface area (Å²) in [5.41, 5.74) is 0.469. The Morgan fingerprint density at radius 3 is 1.85 bits per heavy atom. The van der Waals surface area contributed by atoms with Crippen LogP contribution in [0.1, 0.15) is 41.5 Å². The van der Waals surface area contributed by atoms with E-state index < -0.39 is 0 Å². The molecule has 0 heterocycles. The SMILES string of the molecule is C=CC(C)[C@](C)(/C=C/C)C(C)(C)C. The van der Waals surface area contributed by atoms with Gasteiger partial charge in [-0.2, -0.15) is 0 Å². The molecule has 0 rings (SSSR count). The van der Waals surface area contributed by atoms with Gasteiger partial charge in [0.15, 0.2) is 0 Å². The third-order valence-corrected chi connectivity index (χ3v) is 3.43. The third kappa shape index (κ3) is 2.46. The Bertz CT molecular complexity index is 193. The third-order valence-electron chi connectivity index (χ3n) is 3.43. The summed E-state index contributed by atoms with van der Waals surface area (Å²) in [7, 11) is 0. The summed E-state index contributed by atoms with van der Waals surface area (Å²) < 4.78 is 0. The van der Waals surface area contributed by atoms with Crippen LogP contribution in [0.5, 0.6) is 0 Å². The summed E-state index contributed by atoms with van der Waals surface area (Å²) in [5.74, 6) is 0.503. The molecule has 0 aromatic carbocycles. The lowest BCUT2D eigenvalue weighted by Gasteiger charge is -2.43. The van der Waals surface area contributed by atoms with Crippen LogP contribution in [0.4, 0.5) is 0 Å². The van der Waals surface area contributed by atoms with E-state index in [2.05, 4.69) is 60.3 Å². The van der Waals surface area contributed by atoms with Crippen LogP contribution >= 0.6 is 0 Å². The van der Waals surface area contributed by atoms with Gasteiger partial charge in [0.1, 0.15) is 0 Å². The molecule has 0 amide bonds. The molecule has 0 fully saturated rings. The average molecular weight is 180 g/mol. The highest BCUT2D eigenvalue weighted by molar-refractivity contribution is 5.08. The first kappa shape index (κ1) is 12.5. The first-order valence-electron chi connectivity index (χ1n) is 5.06. The molecule has 0 aliphatic heterocycles. The number of rotatable bonds is 3. The Morgan fingerprint density at radius 2 is 1.62 bits per heavy atom. The zero-order valence-corrected chi connectivity index (χ0v) is 10.0. The predicted octanol–water partition coefficient (Wildman–Crippen LogP) is 4.44. The van der Waals surface area contributed by atoms with Crippen LogP contribution in [-0.2, 0) is 0 Å². The topological polar surface area (TPSA) is 0 Å². The Kier molecular flexibility index (Phi) is 3.96. The van der Waals surface area contributed by atoms with E-state index >= 15 is 0 Å². The second-order valence-electron chi connectivity index (χ2n) is 5.06. The molecule has 0 bridgehead atoms. The van der Waals surface area contributed by atoms with Gasteiger partial charge in [0.25, 0.3) is 0 Å². The predicted molar refractivity (Wildman–Crippen MR) is 61.7 cm³/mol. The van der Waals surface area contributed by atoms with Gasteiger partial charge >= 0.3 is 0 Å². The molecule has 0 saturated carbocycles. The molecule has 0 N–H and O–H groups in total. The lowest BCUT2D eigenvalue weighted by Crippen LogP contribution is -2.36. The standard InChI is InChI=1S/C13H24/c1-8-10-13(7,11(3)9-2)12(4,5)6/h8-11H,2H2,1,3-7H3/b10-8+/t11?,13-/m0/s1. The van der Waals surface area contributed by atoms with E-state index in [0.717, 1.165) is 0 Å². The van der Waals surface area contributed by atoms with Crippen molar-refractivity contribution in [3.63, 3.8) is 0 Å².